The zero-order chi connectivity index (χ0) is 12.8. The summed E-state index contributed by atoms with van der Waals surface area (Å²) in [5, 5.41) is 0. The van der Waals surface area contributed by atoms with Crippen molar-refractivity contribution < 1.29 is 14.3 Å². The molecule has 0 aliphatic heterocycles. The zero-order valence-electron chi connectivity index (χ0n) is 10.8. The Morgan fingerprint density at radius 2 is 2.06 bits per heavy atom. The van der Waals surface area contributed by atoms with Crippen LogP contribution in [0.15, 0.2) is 24.3 Å². The van der Waals surface area contributed by atoms with Crippen molar-refractivity contribution in [2.45, 2.75) is 5.92 Å². The highest BCUT2D eigenvalue weighted by Crippen LogP contribution is 2.22. The second kappa shape index (κ2) is 6.25. The number of hydrogen-bond donors (Lipinski definition) is 0. The van der Waals surface area contributed by atoms with E-state index < -0.39 is 0 Å². The Bertz CT molecular complexity index is 377. The molecule has 0 aliphatic carbocycles. The van der Waals surface area contributed by atoms with Gasteiger partial charge in [0.15, 0.2) is 0 Å². The van der Waals surface area contributed by atoms with Crippen LogP contribution in [0.5, 0.6) is 5.75 Å². The fourth-order valence-electron chi connectivity index (χ4n) is 1.68. The maximum absolute atomic E-state index is 11.8. The van der Waals surface area contributed by atoms with Crippen LogP contribution in [-0.4, -0.2) is 45.7 Å². The smallest absolute Gasteiger partial charge is 0.314 e. The van der Waals surface area contributed by atoms with Crippen LogP contribution in [0.2, 0.25) is 0 Å². The van der Waals surface area contributed by atoms with Crippen LogP contribution in [0.3, 0.4) is 0 Å². The van der Waals surface area contributed by atoms with Crippen LogP contribution in [0.1, 0.15) is 11.5 Å². The summed E-state index contributed by atoms with van der Waals surface area (Å²) in [5.41, 5.74) is 0.907. The van der Waals surface area contributed by atoms with Gasteiger partial charge in [-0.25, -0.2) is 0 Å². The predicted molar refractivity (Wildman–Crippen MR) is 66.3 cm³/mol. The molecule has 4 nitrogen and oxygen atoms in total. The average Bonchev–Trinajstić information content (AvgIpc) is 2.35. The van der Waals surface area contributed by atoms with Crippen molar-refractivity contribution in [3.8, 4) is 5.75 Å². The van der Waals surface area contributed by atoms with Gasteiger partial charge in [-0.05, 0) is 31.8 Å². The van der Waals surface area contributed by atoms with Gasteiger partial charge in [0.05, 0.1) is 20.1 Å². The number of rotatable bonds is 5. The molecule has 1 unspecified atom stereocenters. The summed E-state index contributed by atoms with van der Waals surface area (Å²) in [5.74, 6) is 0.229. The molecule has 1 aromatic rings. The van der Waals surface area contributed by atoms with E-state index in [0.29, 0.717) is 6.54 Å². The summed E-state index contributed by atoms with van der Waals surface area (Å²) < 4.78 is 9.99. The van der Waals surface area contributed by atoms with Crippen LogP contribution in [-0.2, 0) is 9.53 Å². The maximum atomic E-state index is 11.8. The highest BCUT2D eigenvalue weighted by Gasteiger charge is 2.22. The number of methoxy groups -OCH3 is 2. The molecule has 0 aliphatic rings. The van der Waals surface area contributed by atoms with Crippen LogP contribution >= 0.6 is 0 Å². The van der Waals surface area contributed by atoms with E-state index in [4.69, 9.17) is 9.47 Å². The molecule has 0 N–H and O–H groups in total. The maximum Gasteiger partial charge on any atom is 0.314 e. The Labute approximate surface area is 102 Å². The molecule has 0 bridgehead atoms. The Morgan fingerprint density at radius 3 is 2.59 bits per heavy atom. The predicted octanol–water partition coefficient (Wildman–Crippen LogP) is 1.51. The van der Waals surface area contributed by atoms with Gasteiger partial charge < -0.3 is 14.4 Å². The summed E-state index contributed by atoms with van der Waals surface area (Å²) in [7, 11) is 6.87. The minimum Gasteiger partial charge on any atom is -0.497 e. The van der Waals surface area contributed by atoms with Crippen molar-refractivity contribution in [1.82, 2.24) is 4.90 Å². The van der Waals surface area contributed by atoms with Crippen molar-refractivity contribution in [2.24, 2.45) is 0 Å². The number of benzene rings is 1. The van der Waals surface area contributed by atoms with E-state index in [9.17, 15) is 4.79 Å². The molecular weight excluding hydrogens is 218 g/mol. The quantitative estimate of drug-likeness (QED) is 0.728. The van der Waals surface area contributed by atoms with Crippen molar-refractivity contribution in [3.05, 3.63) is 29.8 Å². The van der Waals surface area contributed by atoms with Crippen LogP contribution in [0, 0.1) is 0 Å². The number of ether oxygens (including phenoxy) is 2. The lowest BCUT2D eigenvalue weighted by molar-refractivity contribution is -0.142. The van der Waals surface area contributed by atoms with Gasteiger partial charge in [0.1, 0.15) is 5.75 Å². The van der Waals surface area contributed by atoms with Gasteiger partial charge in [0.25, 0.3) is 0 Å². The second-order valence-electron chi connectivity index (χ2n) is 4.11. The van der Waals surface area contributed by atoms with Gasteiger partial charge >= 0.3 is 5.97 Å². The number of likely N-dealkylation sites (N-methyl/N-ethyl adjacent to an activating group) is 1. The number of hydrogen-bond acceptors (Lipinski definition) is 4. The van der Waals surface area contributed by atoms with E-state index >= 15 is 0 Å². The average molecular weight is 237 g/mol. The normalized spacial score (nSPS) is 12.3. The van der Waals surface area contributed by atoms with Gasteiger partial charge in [-0.1, -0.05) is 12.1 Å². The second-order valence-corrected chi connectivity index (χ2v) is 4.11. The molecule has 1 atom stereocenters. The Balaban J connectivity index is 2.98. The van der Waals surface area contributed by atoms with Gasteiger partial charge in [-0.3, -0.25) is 4.79 Å². The van der Waals surface area contributed by atoms with Gasteiger partial charge in [0.2, 0.25) is 0 Å². The first-order valence-electron chi connectivity index (χ1n) is 5.45. The Kier molecular flexibility index (Phi) is 4.97. The molecule has 0 fully saturated rings. The summed E-state index contributed by atoms with van der Waals surface area (Å²) >= 11 is 0. The summed E-state index contributed by atoms with van der Waals surface area (Å²) in [6.45, 7) is 0.611. The number of nitrogens with zero attached hydrogens (tertiary/aromatic N) is 1. The molecule has 0 radical (unpaired) electrons. The lowest BCUT2D eigenvalue weighted by atomic mass is 9.98. The van der Waals surface area contributed by atoms with E-state index in [2.05, 4.69) is 0 Å². The first kappa shape index (κ1) is 13.5. The highest BCUT2D eigenvalue weighted by atomic mass is 16.5. The molecule has 1 rings (SSSR count). The molecule has 1 aromatic carbocycles. The molecule has 0 amide bonds. The number of esters is 1. The summed E-state index contributed by atoms with van der Waals surface area (Å²) in [6, 6.07) is 7.51. The van der Waals surface area contributed by atoms with E-state index in [1.165, 1.54) is 7.11 Å². The number of carbonyl (C=O) groups excluding carboxylic acids is 1. The Hall–Kier alpha value is -1.55. The third-order valence-electron chi connectivity index (χ3n) is 2.53. The molecular formula is C13H19NO3. The van der Waals surface area contributed by atoms with Crippen molar-refractivity contribution >= 4 is 5.97 Å². The molecule has 94 valence electrons. The topological polar surface area (TPSA) is 38.8 Å². The lowest BCUT2D eigenvalue weighted by Gasteiger charge is -2.19. The van der Waals surface area contributed by atoms with E-state index in [1.54, 1.807) is 7.11 Å². The van der Waals surface area contributed by atoms with Crippen LogP contribution < -0.4 is 4.74 Å². The van der Waals surface area contributed by atoms with Gasteiger partial charge in [-0.2, -0.15) is 0 Å². The van der Waals surface area contributed by atoms with E-state index in [0.717, 1.165) is 11.3 Å². The fourth-order valence-corrected chi connectivity index (χ4v) is 1.68. The van der Waals surface area contributed by atoms with Crippen LogP contribution in [0.25, 0.3) is 0 Å². The molecule has 0 heterocycles. The first-order chi connectivity index (χ1) is 8.08. The van der Waals surface area contributed by atoms with E-state index in [-0.39, 0.29) is 11.9 Å². The number of carbonyl (C=O) groups is 1. The third-order valence-corrected chi connectivity index (χ3v) is 2.53. The Morgan fingerprint density at radius 1 is 1.35 bits per heavy atom. The highest BCUT2D eigenvalue weighted by molar-refractivity contribution is 5.78. The molecule has 0 spiro atoms. The van der Waals surface area contributed by atoms with Crippen LogP contribution in [0.4, 0.5) is 0 Å². The molecule has 0 aromatic heterocycles. The minimum atomic E-state index is -0.287. The standard InChI is InChI=1S/C13H19NO3/c1-14(2)9-12(13(15)17-4)10-6-5-7-11(8-10)16-3/h5-8,12H,9H2,1-4H3. The minimum absolute atomic E-state index is 0.230. The largest absolute Gasteiger partial charge is 0.497 e. The summed E-state index contributed by atoms with van der Waals surface area (Å²) in [6.07, 6.45) is 0. The summed E-state index contributed by atoms with van der Waals surface area (Å²) in [4.78, 5) is 13.7. The zero-order valence-corrected chi connectivity index (χ0v) is 10.8. The van der Waals surface area contributed by atoms with Crippen molar-refractivity contribution in [3.63, 3.8) is 0 Å². The third kappa shape index (κ3) is 3.75. The van der Waals surface area contributed by atoms with Gasteiger partial charge in [0, 0.05) is 6.54 Å². The van der Waals surface area contributed by atoms with Gasteiger partial charge in [-0.15, -0.1) is 0 Å². The molecule has 0 saturated carbocycles. The van der Waals surface area contributed by atoms with E-state index in [1.807, 2.05) is 43.3 Å². The molecule has 4 heteroatoms. The molecule has 0 saturated heterocycles. The van der Waals surface area contributed by atoms with Crippen molar-refractivity contribution in [2.75, 3.05) is 34.9 Å². The monoisotopic (exact) mass is 237 g/mol. The lowest BCUT2D eigenvalue weighted by Crippen LogP contribution is -2.27. The fraction of sp³-hybridized carbons (Fsp3) is 0.462. The SMILES string of the molecule is COC(=O)C(CN(C)C)c1cccc(OC)c1. The first-order valence-corrected chi connectivity index (χ1v) is 5.45. The van der Waals surface area contributed by atoms with Crippen molar-refractivity contribution in [1.29, 1.82) is 0 Å². The molecule has 17 heavy (non-hydrogen) atoms.